The molecule has 112 valence electrons. The molecule has 0 atom stereocenters. The lowest BCUT2D eigenvalue weighted by atomic mass is 10.1. The molecule has 6 heteroatoms. The number of benzene rings is 1. The lowest BCUT2D eigenvalue weighted by Crippen LogP contribution is -2.35. The fourth-order valence-electron chi connectivity index (χ4n) is 1.95. The SMILES string of the molecule is CCN(CC)CCNC(=O)c1cc(N)cc(F)c1OC. The molecule has 3 N–H and O–H groups in total. The summed E-state index contributed by atoms with van der Waals surface area (Å²) >= 11 is 0. The van der Waals surface area contributed by atoms with Gasteiger partial charge in [0.25, 0.3) is 5.91 Å². The number of likely N-dealkylation sites (N-methyl/N-ethyl adjacent to an activating group) is 1. The minimum Gasteiger partial charge on any atom is -0.493 e. The van der Waals surface area contributed by atoms with Crippen LogP contribution in [0.4, 0.5) is 10.1 Å². The summed E-state index contributed by atoms with van der Waals surface area (Å²) in [4.78, 5) is 14.2. The van der Waals surface area contributed by atoms with Crippen molar-refractivity contribution in [3.8, 4) is 5.75 Å². The van der Waals surface area contributed by atoms with Gasteiger partial charge in [0.1, 0.15) is 0 Å². The lowest BCUT2D eigenvalue weighted by Gasteiger charge is -2.18. The van der Waals surface area contributed by atoms with Gasteiger partial charge in [-0.25, -0.2) is 4.39 Å². The number of amides is 1. The summed E-state index contributed by atoms with van der Waals surface area (Å²) in [6, 6.07) is 2.54. The maximum absolute atomic E-state index is 13.6. The molecule has 0 heterocycles. The second-order valence-electron chi connectivity index (χ2n) is 4.37. The van der Waals surface area contributed by atoms with Crippen molar-refractivity contribution >= 4 is 11.6 Å². The number of nitrogens with two attached hydrogens (primary N) is 1. The van der Waals surface area contributed by atoms with Gasteiger partial charge >= 0.3 is 0 Å². The predicted molar refractivity (Wildman–Crippen MR) is 77.5 cm³/mol. The first kappa shape index (κ1) is 16.2. The number of carbonyl (C=O) groups is 1. The van der Waals surface area contributed by atoms with Crippen LogP contribution in [0.3, 0.4) is 0 Å². The smallest absolute Gasteiger partial charge is 0.255 e. The van der Waals surface area contributed by atoms with Crippen molar-refractivity contribution < 1.29 is 13.9 Å². The van der Waals surface area contributed by atoms with Gasteiger partial charge in [0, 0.05) is 24.8 Å². The van der Waals surface area contributed by atoms with Crippen LogP contribution < -0.4 is 15.8 Å². The van der Waals surface area contributed by atoms with Gasteiger partial charge in [-0.1, -0.05) is 13.8 Å². The molecule has 0 fully saturated rings. The fourth-order valence-corrected chi connectivity index (χ4v) is 1.95. The maximum Gasteiger partial charge on any atom is 0.255 e. The van der Waals surface area contributed by atoms with E-state index in [0.29, 0.717) is 6.54 Å². The Kier molecular flexibility index (Phi) is 6.24. The molecule has 0 spiro atoms. The van der Waals surface area contributed by atoms with Crippen molar-refractivity contribution in [2.45, 2.75) is 13.8 Å². The van der Waals surface area contributed by atoms with Crippen LogP contribution in [0.25, 0.3) is 0 Å². The summed E-state index contributed by atoms with van der Waals surface area (Å²) < 4.78 is 18.6. The Bertz CT molecular complexity index is 462. The van der Waals surface area contributed by atoms with E-state index >= 15 is 0 Å². The van der Waals surface area contributed by atoms with Gasteiger partial charge in [-0.15, -0.1) is 0 Å². The minimum absolute atomic E-state index is 0.0838. The van der Waals surface area contributed by atoms with Crippen molar-refractivity contribution in [2.75, 3.05) is 39.0 Å². The molecule has 0 unspecified atom stereocenters. The van der Waals surface area contributed by atoms with E-state index in [1.54, 1.807) is 0 Å². The highest BCUT2D eigenvalue weighted by Gasteiger charge is 2.17. The molecule has 1 amide bonds. The van der Waals surface area contributed by atoms with Crippen molar-refractivity contribution in [2.24, 2.45) is 0 Å². The largest absolute Gasteiger partial charge is 0.493 e. The highest BCUT2D eigenvalue weighted by molar-refractivity contribution is 5.97. The van der Waals surface area contributed by atoms with Gasteiger partial charge in [0.2, 0.25) is 0 Å². The molecule has 0 aliphatic carbocycles. The topological polar surface area (TPSA) is 67.6 Å². The monoisotopic (exact) mass is 283 g/mol. The molecule has 5 nitrogen and oxygen atoms in total. The number of nitrogens with zero attached hydrogens (tertiary/aromatic N) is 1. The third kappa shape index (κ3) is 4.09. The number of hydrogen-bond acceptors (Lipinski definition) is 4. The summed E-state index contributed by atoms with van der Waals surface area (Å²) in [6.07, 6.45) is 0. The summed E-state index contributed by atoms with van der Waals surface area (Å²) in [5, 5.41) is 2.74. The molecule has 20 heavy (non-hydrogen) atoms. The molecule has 0 bridgehead atoms. The van der Waals surface area contributed by atoms with Crippen molar-refractivity contribution in [1.82, 2.24) is 10.2 Å². The van der Waals surface area contributed by atoms with Gasteiger partial charge in [-0.2, -0.15) is 0 Å². The quantitative estimate of drug-likeness (QED) is 0.744. The Balaban J connectivity index is 2.72. The zero-order chi connectivity index (χ0) is 15.1. The molecular formula is C14H22FN3O2. The Labute approximate surface area is 118 Å². The number of hydrogen-bond donors (Lipinski definition) is 2. The maximum atomic E-state index is 13.6. The molecule has 0 radical (unpaired) electrons. The highest BCUT2D eigenvalue weighted by Crippen LogP contribution is 2.25. The van der Waals surface area contributed by atoms with Crippen molar-refractivity contribution in [1.29, 1.82) is 0 Å². The number of carbonyl (C=O) groups excluding carboxylic acids is 1. The number of rotatable bonds is 7. The first-order valence-corrected chi connectivity index (χ1v) is 6.67. The number of anilines is 1. The van der Waals surface area contributed by atoms with Gasteiger partial charge in [-0.3, -0.25) is 4.79 Å². The summed E-state index contributed by atoms with van der Waals surface area (Å²) in [5.74, 6) is -1.11. The average Bonchev–Trinajstić information content (AvgIpc) is 2.42. The van der Waals surface area contributed by atoms with Gasteiger partial charge < -0.3 is 20.7 Å². The van der Waals surface area contributed by atoms with Crippen LogP contribution in [0.15, 0.2) is 12.1 Å². The van der Waals surface area contributed by atoms with Gasteiger partial charge in [0.15, 0.2) is 11.6 Å². The number of ether oxygens (including phenoxy) is 1. The number of methoxy groups -OCH3 is 1. The fraction of sp³-hybridized carbons (Fsp3) is 0.500. The van der Waals surface area contributed by atoms with E-state index in [4.69, 9.17) is 10.5 Å². The zero-order valence-electron chi connectivity index (χ0n) is 12.2. The van der Waals surface area contributed by atoms with E-state index < -0.39 is 5.82 Å². The third-order valence-electron chi connectivity index (χ3n) is 3.12. The molecule has 1 aromatic rings. The van der Waals surface area contributed by atoms with Crippen LogP contribution >= 0.6 is 0 Å². The Morgan fingerprint density at radius 2 is 2.05 bits per heavy atom. The van der Waals surface area contributed by atoms with Crippen LogP contribution in [0.2, 0.25) is 0 Å². The first-order valence-electron chi connectivity index (χ1n) is 6.67. The normalized spacial score (nSPS) is 10.7. The Morgan fingerprint density at radius 1 is 1.40 bits per heavy atom. The van der Waals surface area contributed by atoms with Crippen LogP contribution in [0, 0.1) is 5.82 Å². The summed E-state index contributed by atoms with van der Waals surface area (Å²) in [7, 11) is 1.32. The van der Waals surface area contributed by atoms with E-state index in [-0.39, 0.29) is 22.9 Å². The molecule has 0 saturated heterocycles. The van der Waals surface area contributed by atoms with Crippen LogP contribution in [0.1, 0.15) is 24.2 Å². The van der Waals surface area contributed by atoms with Gasteiger partial charge in [0.05, 0.1) is 12.7 Å². The lowest BCUT2D eigenvalue weighted by molar-refractivity contribution is 0.0945. The first-order chi connectivity index (χ1) is 9.53. The van der Waals surface area contributed by atoms with Crippen LogP contribution in [0.5, 0.6) is 5.75 Å². The van der Waals surface area contributed by atoms with Crippen LogP contribution in [-0.4, -0.2) is 44.1 Å². The molecule has 0 aliphatic rings. The van der Waals surface area contributed by atoms with E-state index in [1.807, 2.05) is 0 Å². The van der Waals surface area contributed by atoms with Crippen molar-refractivity contribution in [3.05, 3.63) is 23.5 Å². The highest BCUT2D eigenvalue weighted by atomic mass is 19.1. The third-order valence-corrected chi connectivity index (χ3v) is 3.12. The Hall–Kier alpha value is -1.82. The molecule has 0 aliphatic heterocycles. The van der Waals surface area contributed by atoms with E-state index in [0.717, 1.165) is 25.7 Å². The second-order valence-corrected chi connectivity index (χ2v) is 4.37. The van der Waals surface area contributed by atoms with Crippen molar-refractivity contribution in [3.63, 3.8) is 0 Å². The number of nitrogens with one attached hydrogen (secondary N) is 1. The van der Waals surface area contributed by atoms with E-state index in [9.17, 15) is 9.18 Å². The minimum atomic E-state index is -0.638. The van der Waals surface area contributed by atoms with Gasteiger partial charge in [-0.05, 0) is 19.2 Å². The molecule has 1 rings (SSSR count). The summed E-state index contributed by atoms with van der Waals surface area (Å²) in [6.45, 7) is 7.18. The zero-order valence-corrected chi connectivity index (χ0v) is 12.2. The number of nitrogen functional groups attached to an aromatic ring is 1. The van der Waals surface area contributed by atoms with E-state index in [1.165, 1.54) is 13.2 Å². The second kappa shape index (κ2) is 7.69. The average molecular weight is 283 g/mol. The predicted octanol–water partition coefficient (Wildman–Crippen LogP) is 1.49. The molecule has 0 saturated carbocycles. The van der Waals surface area contributed by atoms with Crippen LogP contribution in [-0.2, 0) is 0 Å². The molecular weight excluding hydrogens is 261 g/mol. The van der Waals surface area contributed by atoms with E-state index in [2.05, 4.69) is 24.1 Å². The Morgan fingerprint density at radius 3 is 2.60 bits per heavy atom. The standard InChI is InChI=1S/C14H22FN3O2/c1-4-18(5-2)7-6-17-14(19)11-8-10(16)9-12(15)13(11)20-3/h8-9H,4-7,16H2,1-3H3,(H,17,19). The summed E-state index contributed by atoms with van der Waals surface area (Å²) in [5.41, 5.74) is 5.86. The number of halogens is 1. The molecule has 1 aromatic carbocycles. The molecule has 0 aromatic heterocycles.